The highest BCUT2D eigenvalue weighted by Crippen LogP contribution is 2.25. The molecule has 4 nitrogen and oxygen atoms in total. The van der Waals surface area contributed by atoms with Crippen molar-refractivity contribution in [1.82, 2.24) is 4.98 Å². The fourth-order valence-corrected chi connectivity index (χ4v) is 2.26. The molecule has 78 valence electrons. The number of rotatable bonds is 1. The number of thiazole rings is 1. The third kappa shape index (κ3) is 2.17. The van der Waals surface area contributed by atoms with Gasteiger partial charge in [0.25, 0.3) is 0 Å². The number of anilines is 1. The molecule has 2 rings (SSSR count). The van der Waals surface area contributed by atoms with Crippen LogP contribution >= 0.6 is 11.3 Å². The molecule has 1 fully saturated rings. The summed E-state index contributed by atoms with van der Waals surface area (Å²) in [5, 5.41) is 9.24. The summed E-state index contributed by atoms with van der Waals surface area (Å²) in [6, 6.07) is 0. The van der Waals surface area contributed by atoms with Crippen LogP contribution in [0.25, 0.3) is 0 Å². The van der Waals surface area contributed by atoms with E-state index < -0.39 is 0 Å². The SMILES string of the molecule is O=C1CCCN1c1ncc(C#CCO)s1. The molecule has 0 unspecified atom stereocenters. The number of aliphatic hydroxyl groups excluding tert-OH is 1. The molecule has 0 spiro atoms. The maximum absolute atomic E-state index is 11.4. The maximum Gasteiger partial charge on any atom is 0.228 e. The first-order chi connectivity index (χ1) is 7.31. The van der Waals surface area contributed by atoms with Gasteiger partial charge in [-0.25, -0.2) is 4.98 Å². The van der Waals surface area contributed by atoms with Gasteiger partial charge in [0.2, 0.25) is 5.91 Å². The number of carbonyl (C=O) groups is 1. The van der Waals surface area contributed by atoms with E-state index in [1.54, 1.807) is 11.1 Å². The summed E-state index contributed by atoms with van der Waals surface area (Å²) in [6.07, 6.45) is 3.14. The Bertz CT molecular complexity index is 430. The summed E-state index contributed by atoms with van der Waals surface area (Å²) in [5.74, 6) is 5.45. The Hall–Kier alpha value is -1.38. The van der Waals surface area contributed by atoms with Crippen LogP contribution < -0.4 is 4.90 Å². The third-order valence-corrected chi connectivity index (χ3v) is 3.02. The van der Waals surface area contributed by atoms with E-state index >= 15 is 0 Å². The zero-order valence-electron chi connectivity index (χ0n) is 8.06. The van der Waals surface area contributed by atoms with Gasteiger partial charge in [0, 0.05) is 13.0 Å². The minimum Gasteiger partial charge on any atom is -0.384 e. The van der Waals surface area contributed by atoms with Crippen LogP contribution in [0.15, 0.2) is 6.20 Å². The van der Waals surface area contributed by atoms with Crippen molar-refractivity contribution in [2.24, 2.45) is 0 Å². The van der Waals surface area contributed by atoms with Crippen LogP contribution in [-0.4, -0.2) is 29.1 Å². The molecule has 1 N–H and O–H groups in total. The van der Waals surface area contributed by atoms with E-state index in [4.69, 9.17) is 5.11 Å². The standard InChI is InChI=1S/C10H10N2O2S/c13-6-2-3-8-7-11-10(15-8)12-5-1-4-9(12)14/h7,13H,1,4-6H2. The van der Waals surface area contributed by atoms with Gasteiger partial charge in [0.05, 0.1) is 11.1 Å². The molecule has 1 aromatic heterocycles. The van der Waals surface area contributed by atoms with Gasteiger partial charge in [-0.1, -0.05) is 23.2 Å². The maximum atomic E-state index is 11.4. The van der Waals surface area contributed by atoms with Crippen molar-refractivity contribution in [1.29, 1.82) is 0 Å². The van der Waals surface area contributed by atoms with Gasteiger partial charge in [0.1, 0.15) is 6.61 Å². The first kappa shape index (κ1) is 10.1. The van der Waals surface area contributed by atoms with Crippen LogP contribution in [0.3, 0.4) is 0 Å². The van der Waals surface area contributed by atoms with Crippen LogP contribution in [0.1, 0.15) is 17.7 Å². The molecule has 1 saturated heterocycles. The first-order valence-electron chi connectivity index (χ1n) is 4.67. The zero-order valence-corrected chi connectivity index (χ0v) is 8.88. The summed E-state index contributed by atoms with van der Waals surface area (Å²) >= 11 is 1.38. The lowest BCUT2D eigenvalue weighted by molar-refractivity contribution is -0.117. The molecule has 0 saturated carbocycles. The first-order valence-corrected chi connectivity index (χ1v) is 5.49. The predicted molar refractivity (Wildman–Crippen MR) is 57.7 cm³/mol. The minimum atomic E-state index is -0.157. The number of hydrogen-bond donors (Lipinski definition) is 1. The smallest absolute Gasteiger partial charge is 0.228 e. The Morgan fingerprint density at radius 1 is 1.67 bits per heavy atom. The molecule has 5 heteroatoms. The minimum absolute atomic E-state index is 0.131. The van der Waals surface area contributed by atoms with Gasteiger partial charge in [-0.15, -0.1) is 0 Å². The zero-order chi connectivity index (χ0) is 10.7. The molecule has 0 aromatic carbocycles. The number of aromatic nitrogens is 1. The van der Waals surface area contributed by atoms with Gasteiger partial charge >= 0.3 is 0 Å². The van der Waals surface area contributed by atoms with Crippen LogP contribution in [0.4, 0.5) is 5.13 Å². The second kappa shape index (κ2) is 4.43. The highest BCUT2D eigenvalue weighted by molar-refractivity contribution is 7.16. The number of nitrogens with zero attached hydrogens (tertiary/aromatic N) is 2. The summed E-state index contributed by atoms with van der Waals surface area (Å²) in [6.45, 7) is 0.592. The van der Waals surface area contributed by atoms with E-state index in [0.29, 0.717) is 11.6 Å². The lowest BCUT2D eigenvalue weighted by Crippen LogP contribution is -2.23. The Morgan fingerprint density at radius 2 is 2.53 bits per heavy atom. The largest absolute Gasteiger partial charge is 0.384 e. The molecule has 1 aromatic rings. The molecule has 0 atom stereocenters. The fourth-order valence-electron chi connectivity index (χ4n) is 1.42. The lowest BCUT2D eigenvalue weighted by Gasteiger charge is -2.09. The average Bonchev–Trinajstić information content (AvgIpc) is 2.83. The van der Waals surface area contributed by atoms with Crippen molar-refractivity contribution in [3.05, 3.63) is 11.1 Å². The predicted octanol–water partition coefficient (Wildman–Crippen LogP) is 0.614. The number of aliphatic hydroxyl groups is 1. The molecule has 1 amide bonds. The molecule has 1 aliphatic heterocycles. The highest BCUT2D eigenvalue weighted by atomic mass is 32.1. The van der Waals surface area contributed by atoms with Gasteiger partial charge in [-0.3, -0.25) is 9.69 Å². The average molecular weight is 222 g/mol. The van der Waals surface area contributed by atoms with E-state index in [0.717, 1.165) is 17.8 Å². The molecule has 0 bridgehead atoms. The number of amides is 1. The van der Waals surface area contributed by atoms with Gasteiger partial charge in [-0.2, -0.15) is 0 Å². The Balaban J connectivity index is 2.16. The molecule has 0 aliphatic carbocycles. The second-order valence-electron chi connectivity index (χ2n) is 3.12. The van der Waals surface area contributed by atoms with Gasteiger partial charge < -0.3 is 5.11 Å². The van der Waals surface area contributed by atoms with Crippen LogP contribution in [-0.2, 0) is 4.79 Å². The third-order valence-electron chi connectivity index (χ3n) is 2.09. The second-order valence-corrected chi connectivity index (χ2v) is 4.13. The van der Waals surface area contributed by atoms with E-state index in [2.05, 4.69) is 16.8 Å². The molecule has 1 aliphatic rings. The summed E-state index contributed by atoms with van der Waals surface area (Å²) in [5.41, 5.74) is 0. The van der Waals surface area contributed by atoms with Crippen molar-refractivity contribution in [2.45, 2.75) is 12.8 Å². The molecular formula is C10H10N2O2S. The number of hydrogen-bond acceptors (Lipinski definition) is 4. The highest BCUT2D eigenvalue weighted by Gasteiger charge is 2.23. The monoisotopic (exact) mass is 222 g/mol. The molecule has 2 heterocycles. The van der Waals surface area contributed by atoms with Crippen molar-refractivity contribution in [2.75, 3.05) is 18.1 Å². The van der Waals surface area contributed by atoms with Crippen molar-refractivity contribution in [3.8, 4) is 11.8 Å². The topological polar surface area (TPSA) is 53.4 Å². The summed E-state index contributed by atoms with van der Waals surface area (Å²) in [7, 11) is 0. The quantitative estimate of drug-likeness (QED) is 0.708. The molecular weight excluding hydrogens is 212 g/mol. The van der Waals surface area contributed by atoms with E-state index in [-0.39, 0.29) is 12.5 Å². The fraction of sp³-hybridized carbons (Fsp3) is 0.400. The number of carbonyl (C=O) groups excluding carboxylic acids is 1. The normalized spacial score (nSPS) is 15.3. The Kier molecular flexibility index (Phi) is 2.99. The molecule has 15 heavy (non-hydrogen) atoms. The van der Waals surface area contributed by atoms with Crippen LogP contribution in [0.5, 0.6) is 0 Å². The van der Waals surface area contributed by atoms with Gasteiger partial charge in [0.15, 0.2) is 5.13 Å². The van der Waals surface area contributed by atoms with Crippen molar-refractivity contribution >= 4 is 22.4 Å². The lowest BCUT2D eigenvalue weighted by atomic mass is 10.4. The van der Waals surface area contributed by atoms with Crippen LogP contribution in [0.2, 0.25) is 0 Å². The van der Waals surface area contributed by atoms with E-state index in [1.807, 2.05) is 0 Å². The molecule has 0 radical (unpaired) electrons. The van der Waals surface area contributed by atoms with Crippen LogP contribution in [0, 0.1) is 11.8 Å². The van der Waals surface area contributed by atoms with Gasteiger partial charge in [-0.05, 0) is 6.42 Å². The van der Waals surface area contributed by atoms with E-state index in [1.165, 1.54) is 11.3 Å². The van der Waals surface area contributed by atoms with Crippen molar-refractivity contribution in [3.63, 3.8) is 0 Å². The van der Waals surface area contributed by atoms with Crippen molar-refractivity contribution < 1.29 is 9.90 Å². The summed E-state index contributed by atoms with van der Waals surface area (Å²) in [4.78, 5) is 18.0. The summed E-state index contributed by atoms with van der Waals surface area (Å²) < 4.78 is 0. The Labute approximate surface area is 91.6 Å². The van der Waals surface area contributed by atoms with E-state index in [9.17, 15) is 4.79 Å². The Morgan fingerprint density at radius 3 is 3.20 bits per heavy atom.